The van der Waals surface area contributed by atoms with Crippen LogP contribution in [0.5, 0.6) is 0 Å². The van der Waals surface area contributed by atoms with E-state index in [2.05, 4.69) is 11.6 Å². The van der Waals surface area contributed by atoms with Gasteiger partial charge in [-0.25, -0.2) is 13.1 Å². The average molecular weight is 422 g/mol. The molecule has 3 rings (SSSR count). The van der Waals surface area contributed by atoms with Crippen LogP contribution in [0.15, 0.2) is 23.1 Å². The first-order chi connectivity index (χ1) is 13.7. The fourth-order valence-corrected chi connectivity index (χ4v) is 5.61. The highest BCUT2D eigenvalue weighted by molar-refractivity contribution is 7.89. The minimum Gasteiger partial charge on any atom is -0.340 e. The first-order valence-corrected chi connectivity index (χ1v) is 11.9. The molecule has 0 radical (unpaired) electrons. The molecular weight excluding hydrogens is 390 g/mol. The number of benzene rings is 1. The Hall–Kier alpha value is -1.93. The third-order valence-corrected chi connectivity index (χ3v) is 7.42. The number of anilines is 1. The number of rotatable bonds is 6. The van der Waals surface area contributed by atoms with E-state index < -0.39 is 10.0 Å². The van der Waals surface area contributed by atoms with Gasteiger partial charge in [-0.1, -0.05) is 6.92 Å². The molecule has 1 aromatic carbocycles. The van der Waals surface area contributed by atoms with E-state index >= 15 is 0 Å². The molecule has 2 atom stereocenters. The van der Waals surface area contributed by atoms with Crippen molar-refractivity contribution in [3.63, 3.8) is 0 Å². The Labute approximate surface area is 173 Å². The van der Waals surface area contributed by atoms with Gasteiger partial charge in [-0.2, -0.15) is 0 Å². The molecule has 2 heterocycles. The number of piperidine rings is 1. The minimum absolute atomic E-state index is 0.0131. The van der Waals surface area contributed by atoms with Crippen molar-refractivity contribution >= 4 is 27.5 Å². The largest absolute Gasteiger partial charge is 0.340 e. The first-order valence-electron chi connectivity index (χ1n) is 10.5. The van der Waals surface area contributed by atoms with Crippen molar-refractivity contribution in [2.45, 2.75) is 76.3 Å². The molecule has 1 N–H and O–H groups in total. The van der Waals surface area contributed by atoms with E-state index in [-0.39, 0.29) is 41.8 Å². The standard InChI is InChI=1S/C21H31N3O4S/c1-4-18-7-5-6-12-23(18)21(26)10-11-22-29(27,28)19-8-9-20-17(14-19)13-15(2)24(20)16(3)25/h8-9,14-15,18,22H,4-7,10-13H2,1-3H3/t15-,18-/m0/s1. The molecule has 0 spiro atoms. The van der Waals surface area contributed by atoms with Crippen molar-refractivity contribution in [2.75, 3.05) is 18.0 Å². The lowest BCUT2D eigenvalue weighted by Crippen LogP contribution is -2.44. The first kappa shape index (κ1) is 21.8. The highest BCUT2D eigenvalue weighted by Crippen LogP contribution is 2.33. The van der Waals surface area contributed by atoms with Gasteiger partial charge in [-0.3, -0.25) is 9.59 Å². The Balaban J connectivity index is 1.63. The molecule has 0 aromatic heterocycles. The number of hydrogen-bond donors (Lipinski definition) is 1. The molecule has 29 heavy (non-hydrogen) atoms. The van der Waals surface area contributed by atoms with Crippen LogP contribution in [0.3, 0.4) is 0 Å². The molecule has 0 saturated carbocycles. The van der Waals surface area contributed by atoms with Crippen LogP contribution in [-0.4, -0.2) is 50.3 Å². The Morgan fingerprint density at radius 2 is 2.00 bits per heavy atom. The second-order valence-electron chi connectivity index (χ2n) is 8.03. The number of likely N-dealkylation sites (tertiary alicyclic amines) is 1. The van der Waals surface area contributed by atoms with Gasteiger partial charge < -0.3 is 9.80 Å². The monoisotopic (exact) mass is 421 g/mol. The van der Waals surface area contributed by atoms with Crippen molar-refractivity contribution in [3.8, 4) is 0 Å². The zero-order valence-electron chi connectivity index (χ0n) is 17.5. The minimum atomic E-state index is -3.71. The number of amides is 2. The quantitative estimate of drug-likeness (QED) is 0.764. The molecule has 0 bridgehead atoms. The number of hydrogen-bond acceptors (Lipinski definition) is 4. The van der Waals surface area contributed by atoms with Crippen LogP contribution in [0.1, 0.15) is 58.4 Å². The fraction of sp³-hybridized carbons (Fsp3) is 0.619. The lowest BCUT2D eigenvalue weighted by molar-refractivity contribution is -0.134. The lowest BCUT2D eigenvalue weighted by atomic mass is 9.99. The van der Waals surface area contributed by atoms with E-state index in [1.54, 1.807) is 17.0 Å². The zero-order chi connectivity index (χ0) is 21.2. The topological polar surface area (TPSA) is 86.8 Å². The predicted molar refractivity (Wildman–Crippen MR) is 112 cm³/mol. The molecule has 1 saturated heterocycles. The van der Waals surface area contributed by atoms with Gasteiger partial charge in [0.2, 0.25) is 21.8 Å². The van der Waals surface area contributed by atoms with Crippen LogP contribution in [0.25, 0.3) is 0 Å². The van der Waals surface area contributed by atoms with Gasteiger partial charge in [-0.15, -0.1) is 0 Å². The van der Waals surface area contributed by atoms with E-state index in [0.29, 0.717) is 6.42 Å². The number of carbonyl (C=O) groups excluding carboxylic acids is 2. The number of carbonyl (C=O) groups is 2. The van der Waals surface area contributed by atoms with Crippen LogP contribution in [0.4, 0.5) is 5.69 Å². The third-order valence-electron chi connectivity index (χ3n) is 5.97. The van der Waals surface area contributed by atoms with E-state index in [0.717, 1.165) is 43.5 Å². The second kappa shape index (κ2) is 8.83. The highest BCUT2D eigenvalue weighted by Gasteiger charge is 2.30. The predicted octanol–water partition coefficient (Wildman–Crippen LogP) is 2.44. The summed E-state index contributed by atoms with van der Waals surface area (Å²) in [6.07, 6.45) is 4.91. The fourth-order valence-electron chi connectivity index (χ4n) is 4.53. The molecule has 2 aliphatic heterocycles. The smallest absolute Gasteiger partial charge is 0.240 e. The summed E-state index contributed by atoms with van der Waals surface area (Å²) >= 11 is 0. The summed E-state index contributed by atoms with van der Waals surface area (Å²) in [7, 11) is -3.71. The van der Waals surface area contributed by atoms with E-state index in [4.69, 9.17) is 0 Å². The molecule has 0 aliphatic carbocycles. The Morgan fingerprint density at radius 1 is 1.24 bits per heavy atom. The maximum Gasteiger partial charge on any atom is 0.240 e. The van der Waals surface area contributed by atoms with Crippen molar-refractivity contribution in [3.05, 3.63) is 23.8 Å². The lowest BCUT2D eigenvalue weighted by Gasteiger charge is -2.35. The van der Waals surface area contributed by atoms with Crippen molar-refractivity contribution < 1.29 is 18.0 Å². The summed E-state index contributed by atoms with van der Waals surface area (Å²) in [6.45, 7) is 6.39. The van der Waals surface area contributed by atoms with Crippen LogP contribution >= 0.6 is 0 Å². The molecule has 160 valence electrons. The van der Waals surface area contributed by atoms with Crippen molar-refractivity contribution in [2.24, 2.45) is 0 Å². The summed E-state index contributed by atoms with van der Waals surface area (Å²) < 4.78 is 27.9. The van der Waals surface area contributed by atoms with Gasteiger partial charge in [0, 0.05) is 44.2 Å². The van der Waals surface area contributed by atoms with Crippen LogP contribution in [0.2, 0.25) is 0 Å². The van der Waals surface area contributed by atoms with Gasteiger partial charge >= 0.3 is 0 Å². The van der Waals surface area contributed by atoms with Crippen molar-refractivity contribution in [1.82, 2.24) is 9.62 Å². The molecule has 0 unspecified atom stereocenters. The Morgan fingerprint density at radius 3 is 2.69 bits per heavy atom. The van der Waals surface area contributed by atoms with Gasteiger partial charge in [-0.05, 0) is 62.8 Å². The molecular formula is C21H31N3O4S. The Bertz CT molecular complexity index is 884. The Kier molecular flexibility index (Phi) is 6.63. The number of fused-ring (bicyclic) bond motifs is 1. The van der Waals surface area contributed by atoms with Gasteiger partial charge in [0.25, 0.3) is 0 Å². The zero-order valence-corrected chi connectivity index (χ0v) is 18.3. The molecule has 1 aromatic rings. The summed E-state index contributed by atoms with van der Waals surface area (Å²) in [5, 5.41) is 0. The molecule has 1 fully saturated rings. The molecule has 7 nitrogen and oxygen atoms in total. The normalized spacial score (nSPS) is 21.9. The highest BCUT2D eigenvalue weighted by atomic mass is 32.2. The average Bonchev–Trinajstić information content (AvgIpc) is 3.02. The van der Waals surface area contributed by atoms with Gasteiger partial charge in [0.1, 0.15) is 0 Å². The maximum atomic E-state index is 12.7. The summed E-state index contributed by atoms with van der Waals surface area (Å²) in [5.41, 5.74) is 1.63. The van der Waals surface area contributed by atoms with Crippen molar-refractivity contribution in [1.29, 1.82) is 0 Å². The molecule has 2 amide bonds. The number of nitrogens with one attached hydrogen (secondary N) is 1. The summed E-state index contributed by atoms with van der Waals surface area (Å²) in [6, 6.07) is 5.14. The number of nitrogens with zero attached hydrogens (tertiary/aromatic N) is 2. The van der Waals surface area contributed by atoms with E-state index in [1.165, 1.54) is 13.0 Å². The van der Waals surface area contributed by atoms with Crippen LogP contribution in [0, 0.1) is 0 Å². The molecule has 2 aliphatic rings. The van der Waals surface area contributed by atoms with E-state index in [1.807, 2.05) is 11.8 Å². The summed E-state index contributed by atoms with van der Waals surface area (Å²) in [5.74, 6) is -0.0364. The SMILES string of the molecule is CC[C@H]1CCCCN1C(=O)CCNS(=O)(=O)c1ccc2c(c1)C[C@H](C)N2C(C)=O. The number of sulfonamides is 1. The van der Waals surface area contributed by atoms with Gasteiger partial charge in [0.05, 0.1) is 4.90 Å². The summed E-state index contributed by atoms with van der Waals surface area (Å²) in [4.78, 5) is 28.1. The maximum absolute atomic E-state index is 12.7. The molecule has 8 heteroatoms. The van der Waals surface area contributed by atoms with E-state index in [9.17, 15) is 18.0 Å². The van der Waals surface area contributed by atoms with Crippen LogP contribution in [-0.2, 0) is 26.0 Å². The van der Waals surface area contributed by atoms with Gasteiger partial charge in [0.15, 0.2) is 0 Å². The second-order valence-corrected chi connectivity index (χ2v) is 9.79. The van der Waals surface area contributed by atoms with Crippen LogP contribution < -0.4 is 9.62 Å². The third kappa shape index (κ3) is 4.64.